The number of nitrogens with zero attached hydrogens (tertiary/aromatic N) is 4. The zero-order valence-electron chi connectivity index (χ0n) is 8.61. The Morgan fingerprint density at radius 1 is 1.25 bits per heavy atom. The molecule has 6 heteroatoms. The topological polar surface area (TPSA) is 95.1 Å². The maximum Gasteiger partial charge on any atom is 0.186 e. The van der Waals surface area contributed by atoms with Crippen LogP contribution in [0, 0.1) is 0 Å². The minimum absolute atomic E-state index is 0.0441. The van der Waals surface area contributed by atoms with E-state index in [9.17, 15) is 0 Å². The van der Waals surface area contributed by atoms with Crippen LogP contribution in [0.1, 0.15) is 5.82 Å². The van der Waals surface area contributed by atoms with Gasteiger partial charge in [0.1, 0.15) is 12.9 Å². The Bertz CT molecular complexity index is 483. The quantitative estimate of drug-likeness (QED) is 0.559. The Morgan fingerprint density at radius 3 is 2.69 bits per heavy atom. The molecule has 0 spiro atoms. The molecule has 1 heterocycles. The summed E-state index contributed by atoms with van der Waals surface area (Å²) in [4.78, 5) is 8.00. The number of hydrogen-bond donors (Lipinski definition) is 2. The number of para-hydroxylation sites is 1. The smallest absolute Gasteiger partial charge is 0.186 e. The lowest BCUT2D eigenvalue weighted by Crippen LogP contribution is -2.23. The van der Waals surface area contributed by atoms with Crippen molar-refractivity contribution in [2.75, 3.05) is 0 Å². The van der Waals surface area contributed by atoms with Crippen molar-refractivity contribution in [1.82, 2.24) is 14.8 Å². The van der Waals surface area contributed by atoms with Gasteiger partial charge in [-0.05, 0) is 12.1 Å². The second-order valence-corrected chi connectivity index (χ2v) is 3.16. The molecule has 0 amide bonds. The SMILES string of the molecule is NC(N)=NCc1ncnn1-c1ccccc1. The fourth-order valence-electron chi connectivity index (χ4n) is 1.32. The lowest BCUT2D eigenvalue weighted by Gasteiger charge is -2.03. The van der Waals surface area contributed by atoms with Crippen molar-refractivity contribution < 1.29 is 0 Å². The normalized spacial score (nSPS) is 10.0. The lowest BCUT2D eigenvalue weighted by molar-refractivity contribution is 0.789. The Labute approximate surface area is 92.6 Å². The summed E-state index contributed by atoms with van der Waals surface area (Å²) in [6, 6.07) is 9.68. The van der Waals surface area contributed by atoms with Gasteiger partial charge in [-0.25, -0.2) is 14.7 Å². The molecule has 82 valence electrons. The predicted octanol–water partition coefficient (Wildman–Crippen LogP) is 0.0407. The monoisotopic (exact) mass is 216 g/mol. The van der Waals surface area contributed by atoms with Crippen LogP contribution < -0.4 is 11.5 Å². The third-order valence-corrected chi connectivity index (χ3v) is 2.02. The average molecular weight is 216 g/mol. The van der Waals surface area contributed by atoms with E-state index in [1.807, 2.05) is 30.3 Å². The molecule has 1 aromatic heterocycles. The third-order valence-electron chi connectivity index (χ3n) is 2.02. The van der Waals surface area contributed by atoms with Gasteiger partial charge in [-0.3, -0.25) is 0 Å². The number of aliphatic imine (C=N–C) groups is 1. The summed E-state index contributed by atoms with van der Waals surface area (Å²) in [5.74, 6) is 0.738. The Morgan fingerprint density at radius 2 is 2.00 bits per heavy atom. The predicted molar refractivity (Wildman–Crippen MR) is 60.9 cm³/mol. The van der Waals surface area contributed by atoms with E-state index in [1.165, 1.54) is 6.33 Å². The fraction of sp³-hybridized carbons (Fsp3) is 0.100. The molecule has 0 aliphatic rings. The third kappa shape index (κ3) is 2.17. The van der Waals surface area contributed by atoms with Gasteiger partial charge in [0.05, 0.1) is 5.69 Å². The first-order valence-electron chi connectivity index (χ1n) is 4.77. The summed E-state index contributed by atoms with van der Waals surface area (Å²) < 4.78 is 1.70. The molecule has 0 saturated carbocycles. The van der Waals surface area contributed by atoms with Crippen LogP contribution in [-0.4, -0.2) is 20.7 Å². The van der Waals surface area contributed by atoms with Gasteiger partial charge in [-0.1, -0.05) is 18.2 Å². The molecular formula is C10H12N6. The van der Waals surface area contributed by atoms with Gasteiger partial charge in [-0.15, -0.1) is 0 Å². The summed E-state index contributed by atoms with van der Waals surface area (Å²) in [5.41, 5.74) is 11.5. The number of hydrogen-bond acceptors (Lipinski definition) is 3. The van der Waals surface area contributed by atoms with E-state index in [4.69, 9.17) is 11.5 Å². The summed E-state index contributed by atoms with van der Waals surface area (Å²) in [6.07, 6.45) is 1.48. The molecule has 1 aromatic carbocycles. The van der Waals surface area contributed by atoms with Crippen LogP contribution in [-0.2, 0) is 6.54 Å². The molecule has 0 saturated heterocycles. The van der Waals surface area contributed by atoms with Crippen molar-refractivity contribution in [2.24, 2.45) is 16.5 Å². The lowest BCUT2D eigenvalue weighted by atomic mass is 10.3. The Hall–Kier alpha value is -2.37. The second-order valence-electron chi connectivity index (χ2n) is 3.16. The zero-order valence-corrected chi connectivity index (χ0v) is 8.61. The highest BCUT2D eigenvalue weighted by Crippen LogP contribution is 2.08. The maximum absolute atomic E-state index is 5.27. The van der Waals surface area contributed by atoms with E-state index in [0.29, 0.717) is 12.4 Å². The van der Waals surface area contributed by atoms with Crippen molar-refractivity contribution >= 4 is 5.96 Å². The van der Waals surface area contributed by atoms with Crippen molar-refractivity contribution in [3.8, 4) is 5.69 Å². The van der Waals surface area contributed by atoms with E-state index in [1.54, 1.807) is 4.68 Å². The molecule has 2 rings (SSSR count). The number of nitrogens with two attached hydrogens (primary N) is 2. The van der Waals surface area contributed by atoms with E-state index in [-0.39, 0.29) is 5.96 Å². The van der Waals surface area contributed by atoms with E-state index < -0.39 is 0 Å². The maximum atomic E-state index is 5.27. The summed E-state index contributed by atoms with van der Waals surface area (Å²) >= 11 is 0. The standard InChI is InChI=1S/C10H12N6/c11-10(12)13-6-9-14-7-15-16(9)8-4-2-1-3-5-8/h1-5,7H,6H2,(H4,11,12,13). The minimum atomic E-state index is 0.0441. The van der Waals surface area contributed by atoms with Crippen molar-refractivity contribution in [2.45, 2.75) is 6.54 Å². The van der Waals surface area contributed by atoms with Crippen LogP contribution in [0.4, 0.5) is 0 Å². The van der Waals surface area contributed by atoms with Crippen LogP contribution in [0.3, 0.4) is 0 Å². The molecule has 6 nitrogen and oxygen atoms in total. The highest BCUT2D eigenvalue weighted by atomic mass is 15.3. The van der Waals surface area contributed by atoms with Crippen LogP contribution in [0.5, 0.6) is 0 Å². The number of guanidine groups is 1. The molecule has 0 atom stereocenters. The summed E-state index contributed by atoms with van der Waals surface area (Å²) in [6.45, 7) is 0.317. The molecule has 0 fully saturated rings. The molecule has 0 aliphatic heterocycles. The molecule has 0 bridgehead atoms. The molecule has 4 N–H and O–H groups in total. The number of rotatable bonds is 3. The van der Waals surface area contributed by atoms with Crippen LogP contribution >= 0.6 is 0 Å². The average Bonchev–Trinajstić information content (AvgIpc) is 2.75. The molecule has 0 unspecified atom stereocenters. The Balaban J connectivity index is 2.30. The van der Waals surface area contributed by atoms with Crippen molar-refractivity contribution in [1.29, 1.82) is 0 Å². The first-order chi connectivity index (χ1) is 7.77. The van der Waals surface area contributed by atoms with Gasteiger partial charge in [-0.2, -0.15) is 5.10 Å². The van der Waals surface area contributed by atoms with Crippen LogP contribution in [0.15, 0.2) is 41.7 Å². The van der Waals surface area contributed by atoms with Gasteiger partial charge in [0.2, 0.25) is 0 Å². The highest BCUT2D eigenvalue weighted by Gasteiger charge is 2.04. The molecule has 0 radical (unpaired) electrons. The van der Waals surface area contributed by atoms with E-state index >= 15 is 0 Å². The van der Waals surface area contributed by atoms with E-state index in [2.05, 4.69) is 15.1 Å². The van der Waals surface area contributed by atoms with Crippen molar-refractivity contribution in [3.05, 3.63) is 42.5 Å². The first kappa shape index (κ1) is 10.2. The van der Waals surface area contributed by atoms with E-state index in [0.717, 1.165) is 5.69 Å². The second kappa shape index (κ2) is 4.43. The van der Waals surface area contributed by atoms with Gasteiger partial charge >= 0.3 is 0 Å². The summed E-state index contributed by atoms with van der Waals surface area (Å²) in [5, 5.41) is 4.12. The minimum Gasteiger partial charge on any atom is -0.370 e. The first-order valence-corrected chi connectivity index (χ1v) is 4.77. The number of benzene rings is 1. The molecule has 16 heavy (non-hydrogen) atoms. The van der Waals surface area contributed by atoms with Gasteiger partial charge in [0.15, 0.2) is 11.8 Å². The van der Waals surface area contributed by atoms with Crippen LogP contribution in [0.25, 0.3) is 5.69 Å². The van der Waals surface area contributed by atoms with Gasteiger partial charge in [0.25, 0.3) is 0 Å². The highest BCUT2D eigenvalue weighted by molar-refractivity contribution is 5.75. The zero-order chi connectivity index (χ0) is 11.4. The number of aromatic nitrogens is 3. The van der Waals surface area contributed by atoms with Gasteiger partial charge in [0, 0.05) is 0 Å². The van der Waals surface area contributed by atoms with Crippen molar-refractivity contribution in [3.63, 3.8) is 0 Å². The van der Waals surface area contributed by atoms with Crippen LogP contribution in [0.2, 0.25) is 0 Å². The Kier molecular flexibility index (Phi) is 2.81. The molecule has 2 aromatic rings. The molecular weight excluding hydrogens is 204 g/mol. The van der Waals surface area contributed by atoms with Gasteiger partial charge < -0.3 is 11.5 Å². The largest absolute Gasteiger partial charge is 0.370 e. The summed E-state index contributed by atoms with van der Waals surface area (Å²) in [7, 11) is 0. The molecule has 0 aliphatic carbocycles. The fourth-order valence-corrected chi connectivity index (χ4v) is 1.32.